The molecular weight excluding hydrogens is 320 g/mol. The predicted molar refractivity (Wildman–Crippen MR) is 106 cm³/mol. The second kappa shape index (κ2) is 7.69. The summed E-state index contributed by atoms with van der Waals surface area (Å²) >= 11 is 0. The molecule has 3 rings (SSSR count). The molecule has 26 heavy (non-hydrogen) atoms. The van der Waals surface area contributed by atoms with Crippen LogP contribution in [0.2, 0.25) is 0 Å². The van der Waals surface area contributed by atoms with Crippen molar-refractivity contribution >= 4 is 5.78 Å². The first kappa shape index (κ1) is 18.8. The quantitative estimate of drug-likeness (QED) is 0.721. The van der Waals surface area contributed by atoms with Crippen LogP contribution >= 0.6 is 0 Å². The molecule has 0 spiro atoms. The molecule has 1 aliphatic carbocycles. The van der Waals surface area contributed by atoms with E-state index in [1.54, 1.807) is 0 Å². The third-order valence-corrected chi connectivity index (χ3v) is 5.75. The number of carbonyl (C=O) groups excluding carboxylic acids is 1. The van der Waals surface area contributed by atoms with Gasteiger partial charge in [0.05, 0.1) is 11.4 Å². The highest BCUT2D eigenvalue weighted by molar-refractivity contribution is 5.82. The largest absolute Gasteiger partial charge is 0.299 e. The highest BCUT2D eigenvalue weighted by Crippen LogP contribution is 2.42. The van der Waals surface area contributed by atoms with Crippen molar-refractivity contribution in [3.63, 3.8) is 0 Å². The van der Waals surface area contributed by atoms with Crippen molar-refractivity contribution in [2.75, 3.05) is 0 Å². The number of ketones is 1. The highest BCUT2D eigenvalue weighted by Gasteiger charge is 2.39. The normalized spacial score (nSPS) is 23.2. The summed E-state index contributed by atoms with van der Waals surface area (Å²) in [5, 5.41) is 0. The Morgan fingerprint density at radius 1 is 1.19 bits per heavy atom. The molecule has 2 aromatic rings. The Labute approximate surface area is 157 Å². The summed E-state index contributed by atoms with van der Waals surface area (Å²) in [6, 6.07) is 10.4. The Hall–Kier alpha value is -2.03. The van der Waals surface area contributed by atoms with Gasteiger partial charge in [-0.1, -0.05) is 57.5 Å². The summed E-state index contributed by atoms with van der Waals surface area (Å²) in [6.07, 6.45) is 5.70. The minimum atomic E-state index is -0.0480. The van der Waals surface area contributed by atoms with Gasteiger partial charge >= 0.3 is 0 Å². The average molecular weight is 351 g/mol. The van der Waals surface area contributed by atoms with E-state index in [0.717, 1.165) is 49.2 Å². The molecule has 138 valence electrons. The Morgan fingerprint density at radius 3 is 2.58 bits per heavy atom. The van der Waals surface area contributed by atoms with E-state index >= 15 is 0 Å². The summed E-state index contributed by atoms with van der Waals surface area (Å²) < 4.78 is 0. The van der Waals surface area contributed by atoms with Crippen LogP contribution < -0.4 is 0 Å². The predicted octanol–water partition coefficient (Wildman–Crippen LogP) is 5.44. The van der Waals surface area contributed by atoms with E-state index in [1.165, 1.54) is 11.3 Å². The van der Waals surface area contributed by atoms with E-state index in [2.05, 4.69) is 45.0 Å². The van der Waals surface area contributed by atoms with Crippen LogP contribution in [0.1, 0.15) is 70.0 Å². The maximum Gasteiger partial charge on any atom is 0.135 e. The van der Waals surface area contributed by atoms with Gasteiger partial charge in [0.2, 0.25) is 0 Å². The zero-order valence-electron chi connectivity index (χ0n) is 16.5. The van der Waals surface area contributed by atoms with Crippen LogP contribution in [0.3, 0.4) is 0 Å². The first-order valence-corrected chi connectivity index (χ1v) is 9.90. The second-order valence-electron chi connectivity index (χ2n) is 8.05. The Kier molecular flexibility index (Phi) is 5.55. The molecule has 0 N–H and O–H groups in total. The van der Waals surface area contributed by atoms with Gasteiger partial charge in [-0.05, 0) is 32.6 Å². The lowest BCUT2D eigenvalue weighted by molar-refractivity contribution is -0.125. The molecule has 0 aliphatic heterocycles. The molecule has 1 aromatic carbocycles. The van der Waals surface area contributed by atoms with Crippen molar-refractivity contribution in [3.8, 4) is 11.3 Å². The van der Waals surface area contributed by atoms with E-state index in [1.807, 2.05) is 13.0 Å². The number of rotatable bonds is 5. The molecular formula is C23H30N2O. The van der Waals surface area contributed by atoms with Gasteiger partial charge in [-0.3, -0.25) is 4.79 Å². The number of hydrogen-bond donors (Lipinski definition) is 0. The molecule has 3 nitrogen and oxygen atoms in total. The molecule has 2 atom stereocenters. The molecule has 0 saturated heterocycles. The number of aromatic nitrogens is 2. The van der Waals surface area contributed by atoms with E-state index in [4.69, 9.17) is 9.97 Å². The van der Waals surface area contributed by atoms with Gasteiger partial charge in [-0.15, -0.1) is 0 Å². The molecule has 1 aromatic heterocycles. The molecule has 0 amide bonds. The maximum atomic E-state index is 12.1. The van der Waals surface area contributed by atoms with Crippen LogP contribution in [0.15, 0.2) is 30.3 Å². The Bertz CT molecular complexity index is 784. The second-order valence-corrected chi connectivity index (χ2v) is 8.05. The van der Waals surface area contributed by atoms with Crippen molar-refractivity contribution in [3.05, 3.63) is 47.4 Å². The molecule has 0 bridgehead atoms. The number of benzene rings is 1. The zero-order valence-corrected chi connectivity index (χ0v) is 16.5. The van der Waals surface area contributed by atoms with Gasteiger partial charge in [0, 0.05) is 28.9 Å². The van der Waals surface area contributed by atoms with Gasteiger partial charge in [0.1, 0.15) is 11.6 Å². The molecule has 0 unspecified atom stereocenters. The van der Waals surface area contributed by atoms with Crippen LogP contribution in [0.25, 0.3) is 11.3 Å². The molecule has 1 saturated carbocycles. The Morgan fingerprint density at radius 2 is 1.92 bits per heavy atom. The number of unbranched alkanes of at least 4 members (excludes halogenated alkanes) is 1. The lowest BCUT2D eigenvalue weighted by Crippen LogP contribution is -2.36. The summed E-state index contributed by atoms with van der Waals surface area (Å²) in [7, 11) is 0. The summed E-state index contributed by atoms with van der Waals surface area (Å²) in [5.74, 6) is 1.33. The number of nitrogens with zero attached hydrogens (tertiary/aromatic N) is 2. The van der Waals surface area contributed by atoms with Crippen LogP contribution in [-0.4, -0.2) is 15.8 Å². The van der Waals surface area contributed by atoms with Crippen LogP contribution in [0.5, 0.6) is 0 Å². The van der Waals surface area contributed by atoms with E-state index in [-0.39, 0.29) is 11.3 Å². The van der Waals surface area contributed by atoms with Crippen LogP contribution in [0.4, 0.5) is 0 Å². The Balaban J connectivity index is 2.15. The fraction of sp³-hybridized carbons (Fsp3) is 0.522. The van der Waals surface area contributed by atoms with E-state index in [9.17, 15) is 4.79 Å². The third kappa shape index (κ3) is 3.72. The number of aryl methyl sites for hydroxylation is 1. The zero-order chi connectivity index (χ0) is 18.7. The maximum absolute atomic E-state index is 12.1. The molecule has 0 radical (unpaired) electrons. The fourth-order valence-corrected chi connectivity index (χ4v) is 4.27. The van der Waals surface area contributed by atoms with Crippen molar-refractivity contribution in [1.29, 1.82) is 0 Å². The monoisotopic (exact) mass is 350 g/mol. The highest BCUT2D eigenvalue weighted by atomic mass is 16.1. The van der Waals surface area contributed by atoms with E-state index in [0.29, 0.717) is 12.2 Å². The smallest absolute Gasteiger partial charge is 0.135 e. The van der Waals surface area contributed by atoms with Crippen LogP contribution in [-0.2, 0) is 16.6 Å². The summed E-state index contributed by atoms with van der Waals surface area (Å²) in [6.45, 7) is 8.57. The number of hydrogen-bond acceptors (Lipinski definition) is 3. The van der Waals surface area contributed by atoms with Crippen molar-refractivity contribution in [2.45, 2.75) is 71.6 Å². The lowest BCUT2D eigenvalue weighted by Gasteiger charge is -2.37. The topological polar surface area (TPSA) is 42.9 Å². The third-order valence-electron chi connectivity index (χ3n) is 5.75. The standard InChI is InChI=1S/C23H30N2O/c1-5-6-12-19-21(18-10-8-7-9-11-18)24-17(3)25-22(19)23(4)14-13-20(26)16(2)15-23/h7-11,16H,5-6,12-15H2,1-4H3/t16-,23-/m1/s1. The fourth-order valence-electron chi connectivity index (χ4n) is 4.27. The van der Waals surface area contributed by atoms with Crippen molar-refractivity contribution in [1.82, 2.24) is 9.97 Å². The first-order chi connectivity index (χ1) is 12.4. The SMILES string of the molecule is CCCCc1c(-c2ccccc2)nc(C)nc1[C@]1(C)CCC(=O)[C@H](C)C1. The van der Waals surface area contributed by atoms with Gasteiger partial charge in [0.25, 0.3) is 0 Å². The van der Waals surface area contributed by atoms with Crippen LogP contribution in [0, 0.1) is 12.8 Å². The van der Waals surface area contributed by atoms with Gasteiger partial charge < -0.3 is 0 Å². The van der Waals surface area contributed by atoms with Gasteiger partial charge in [0.15, 0.2) is 0 Å². The summed E-state index contributed by atoms with van der Waals surface area (Å²) in [4.78, 5) is 21.9. The van der Waals surface area contributed by atoms with Crippen molar-refractivity contribution in [2.24, 2.45) is 5.92 Å². The molecule has 1 fully saturated rings. The van der Waals surface area contributed by atoms with Gasteiger partial charge in [-0.25, -0.2) is 9.97 Å². The lowest BCUT2D eigenvalue weighted by atomic mass is 9.67. The summed E-state index contributed by atoms with van der Waals surface area (Å²) in [5.41, 5.74) is 4.65. The first-order valence-electron chi connectivity index (χ1n) is 9.90. The molecule has 1 heterocycles. The average Bonchev–Trinajstić information content (AvgIpc) is 2.64. The van der Waals surface area contributed by atoms with Gasteiger partial charge in [-0.2, -0.15) is 0 Å². The minimum Gasteiger partial charge on any atom is -0.299 e. The minimum absolute atomic E-state index is 0.0480. The number of Topliss-reactive ketones (excluding diaryl/α,β-unsaturated/α-hetero) is 1. The van der Waals surface area contributed by atoms with E-state index < -0.39 is 0 Å². The molecule has 1 aliphatic rings. The number of carbonyl (C=O) groups is 1. The van der Waals surface area contributed by atoms with Crippen molar-refractivity contribution < 1.29 is 4.79 Å². The molecule has 3 heteroatoms.